The summed E-state index contributed by atoms with van der Waals surface area (Å²) in [5, 5.41) is 15.3. The normalized spacial score (nSPS) is 18.4. The van der Waals surface area contributed by atoms with E-state index in [1.165, 1.54) is 4.90 Å². The zero-order valence-corrected chi connectivity index (χ0v) is 16.5. The molecule has 2 heterocycles. The van der Waals surface area contributed by atoms with Crippen molar-refractivity contribution in [2.75, 3.05) is 4.90 Å². The number of aliphatic hydroxyl groups is 1. The second-order valence-corrected chi connectivity index (χ2v) is 7.32. The Morgan fingerprint density at radius 2 is 1.83 bits per heavy atom. The highest BCUT2D eigenvalue weighted by Crippen LogP contribution is 2.42. The van der Waals surface area contributed by atoms with Gasteiger partial charge in [0.05, 0.1) is 11.6 Å². The first-order valence-electron chi connectivity index (χ1n) is 8.93. The van der Waals surface area contributed by atoms with Gasteiger partial charge in [-0.2, -0.15) is 0 Å². The molecule has 0 radical (unpaired) electrons. The molecule has 1 aliphatic heterocycles. The molecule has 1 unspecified atom stereocenters. The van der Waals surface area contributed by atoms with Gasteiger partial charge in [-0.15, -0.1) is 0 Å². The van der Waals surface area contributed by atoms with Crippen LogP contribution < -0.4 is 4.90 Å². The summed E-state index contributed by atoms with van der Waals surface area (Å²) in [7, 11) is 0. The number of amides is 1. The van der Waals surface area contributed by atoms with Crippen molar-refractivity contribution >= 4 is 34.9 Å². The summed E-state index contributed by atoms with van der Waals surface area (Å²) >= 11 is 6.15. The van der Waals surface area contributed by atoms with Gasteiger partial charge in [-0.3, -0.25) is 14.5 Å². The Hall–Kier alpha value is -3.38. The van der Waals surface area contributed by atoms with Crippen molar-refractivity contribution in [2.24, 2.45) is 0 Å². The van der Waals surface area contributed by atoms with Gasteiger partial charge >= 0.3 is 5.91 Å². The van der Waals surface area contributed by atoms with Crippen molar-refractivity contribution in [1.29, 1.82) is 0 Å². The van der Waals surface area contributed by atoms with Crippen molar-refractivity contribution in [2.45, 2.75) is 19.9 Å². The SMILES string of the molecule is Cc1ccc(C(O)=C2C(=O)C(=O)N(c3cc(C)on3)C2c2cccc(Cl)c2)cc1. The Balaban J connectivity index is 1.95. The molecule has 0 saturated carbocycles. The van der Waals surface area contributed by atoms with Gasteiger partial charge in [0.15, 0.2) is 5.82 Å². The fraction of sp³-hybridized carbons (Fsp3) is 0.136. The van der Waals surface area contributed by atoms with E-state index < -0.39 is 17.7 Å². The minimum atomic E-state index is -0.889. The standard InChI is InChI=1S/C22H17ClN2O4/c1-12-6-8-14(9-7-12)20(26)18-19(15-4-3-5-16(23)11-15)25(22(28)21(18)27)17-10-13(2)29-24-17/h3-11,19,26H,1-2H3. The smallest absolute Gasteiger partial charge is 0.301 e. The fourth-order valence-corrected chi connectivity index (χ4v) is 3.59. The highest BCUT2D eigenvalue weighted by Gasteiger charge is 2.48. The maximum absolute atomic E-state index is 12.9. The molecule has 6 nitrogen and oxygen atoms in total. The van der Waals surface area contributed by atoms with Crippen molar-refractivity contribution in [1.82, 2.24) is 5.16 Å². The molecule has 1 saturated heterocycles. The largest absolute Gasteiger partial charge is 0.507 e. The highest BCUT2D eigenvalue weighted by molar-refractivity contribution is 6.51. The lowest BCUT2D eigenvalue weighted by molar-refractivity contribution is -0.132. The molecular formula is C22H17ClN2O4. The van der Waals surface area contributed by atoms with Crippen LogP contribution in [0.3, 0.4) is 0 Å². The Labute approximate surface area is 172 Å². The van der Waals surface area contributed by atoms with Gasteiger partial charge < -0.3 is 9.63 Å². The Morgan fingerprint density at radius 3 is 2.45 bits per heavy atom. The number of carbonyl (C=O) groups is 2. The topological polar surface area (TPSA) is 83.6 Å². The maximum Gasteiger partial charge on any atom is 0.301 e. The number of hydrogen-bond donors (Lipinski definition) is 1. The van der Waals surface area contributed by atoms with Crippen LogP contribution in [0.4, 0.5) is 5.82 Å². The van der Waals surface area contributed by atoms with Crippen LogP contribution in [0.1, 0.15) is 28.5 Å². The third kappa shape index (κ3) is 3.32. The summed E-state index contributed by atoms with van der Waals surface area (Å²) in [4.78, 5) is 27.1. The van der Waals surface area contributed by atoms with E-state index in [4.69, 9.17) is 16.1 Å². The van der Waals surface area contributed by atoms with E-state index in [1.54, 1.807) is 49.4 Å². The second kappa shape index (κ2) is 7.22. The molecule has 1 amide bonds. The molecule has 146 valence electrons. The Kier molecular flexibility index (Phi) is 4.72. The third-order valence-corrected chi connectivity index (χ3v) is 5.03. The molecule has 1 aliphatic rings. The van der Waals surface area contributed by atoms with Crippen molar-refractivity contribution in [3.05, 3.63) is 87.6 Å². The molecule has 1 aromatic heterocycles. The molecule has 29 heavy (non-hydrogen) atoms. The summed E-state index contributed by atoms with van der Waals surface area (Å²) in [6.45, 7) is 3.61. The number of halogens is 1. The number of aliphatic hydroxyl groups excluding tert-OH is 1. The number of rotatable bonds is 3. The molecule has 1 fully saturated rings. The van der Waals surface area contributed by atoms with E-state index >= 15 is 0 Å². The summed E-state index contributed by atoms with van der Waals surface area (Å²) in [6, 6.07) is 14.5. The van der Waals surface area contributed by atoms with Gasteiger partial charge in [0.2, 0.25) is 0 Å². The van der Waals surface area contributed by atoms with Crippen molar-refractivity contribution in [3.63, 3.8) is 0 Å². The molecule has 4 rings (SSSR count). The molecule has 0 aliphatic carbocycles. The third-order valence-electron chi connectivity index (χ3n) is 4.80. The molecule has 2 aromatic carbocycles. The first kappa shape index (κ1) is 19.0. The maximum atomic E-state index is 12.9. The van der Waals surface area contributed by atoms with Gasteiger partial charge in [-0.25, -0.2) is 0 Å². The average Bonchev–Trinajstić information content (AvgIpc) is 3.23. The number of aromatic nitrogens is 1. The first-order chi connectivity index (χ1) is 13.9. The van der Waals surface area contributed by atoms with Gasteiger partial charge in [0.25, 0.3) is 5.78 Å². The van der Waals surface area contributed by atoms with Crippen LogP contribution >= 0.6 is 11.6 Å². The number of nitrogens with zero attached hydrogens (tertiary/aromatic N) is 2. The minimum Gasteiger partial charge on any atom is -0.507 e. The van der Waals surface area contributed by atoms with E-state index in [0.29, 0.717) is 21.9 Å². The summed E-state index contributed by atoms with van der Waals surface area (Å²) in [6.07, 6.45) is 0. The molecule has 0 spiro atoms. The van der Waals surface area contributed by atoms with Crippen LogP contribution in [0.25, 0.3) is 5.76 Å². The number of hydrogen-bond acceptors (Lipinski definition) is 5. The van der Waals surface area contributed by atoms with Crippen LogP contribution in [0.5, 0.6) is 0 Å². The summed E-state index contributed by atoms with van der Waals surface area (Å²) in [5.41, 5.74) is 2.00. The lowest BCUT2D eigenvalue weighted by Gasteiger charge is -2.23. The van der Waals surface area contributed by atoms with Crippen LogP contribution in [0.15, 0.2) is 64.7 Å². The van der Waals surface area contributed by atoms with Crippen LogP contribution in [0, 0.1) is 13.8 Å². The zero-order chi connectivity index (χ0) is 20.7. The molecule has 3 aromatic rings. The Bertz CT molecular complexity index is 1150. The summed E-state index contributed by atoms with van der Waals surface area (Å²) < 4.78 is 5.10. The molecule has 0 bridgehead atoms. The second-order valence-electron chi connectivity index (χ2n) is 6.89. The highest BCUT2D eigenvalue weighted by atomic mass is 35.5. The zero-order valence-electron chi connectivity index (χ0n) is 15.7. The number of carbonyl (C=O) groups excluding carboxylic acids is 2. The lowest BCUT2D eigenvalue weighted by Crippen LogP contribution is -2.29. The number of ketones is 1. The number of Topliss-reactive ketones (excluding diaryl/α,β-unsaturated/α-hetero) is 1. The van der Waals surface area contributed by atoms with E-state index in [1.807, 2.05) is 19.1 Å². The van der Waals surface area contributed by atoms with Crippen LogP contribution in [0.2, 0.25) is 5.02 Å². The van der Waals surface area contributed by atoms with Crippen molar-refractivity contribution in [3.8, 4) is 0 Å². The van der Waals surface area contributed by atoms with Crippen LogP contribution in [-0.2, 0) is 9.59 Å². The average molecular weight is 409 g/mol. The summed E-state index contributed by atoms with van der Waals surface area (Å²) in [5.74, 6) is -1.16. The number of aryl methyl sites for hydroxylation is 2. The fourth-order valence-electron chi connectivity index (χ4n) is 3.39. The van der Waals surface area contributed by atoms with Crippen LogP contribution in [-0.4, -0.2) is 22.0 Å². The molecule has 1 N–H and O–H groups in total. The van der Waals surface area contributed by atoms with Gasteiger partial charge in [-0.1, -0.05) is 58.7 Å². The van der Waals surface area contributed by atoms with E-state index in [-0.39, 0.29) is 17.2 Å². The van der Waals surface area contributed by atoms with Gasteiger partial charge in [0, 0.05) is 16.7 Å². The number of benzene rings is 2. The minimum absolute atomic E-state index is 0.0261. The molecule has 7 heteroatoms. The predicted molar refractivity (Wildman–Crippen MR) is 109 cm³/mol. The lowest BCUT2D eigenvalue weighted by atomic mass is 9.95. The number of anilines is 1. The molecule has 1 atom stereocenters. The van der Waals surface area contributed by atoms with E-state index in [2.05, 4.69) is 5.16 Å². The monoisotopic (exact) mass is 408 g/mol. The van der Waals surface area contributed by atoms with E-state index in [9.17, 15) is 14.7 Å². The van der Waals surface area contributed by atoms with E-state index in [0.717, 1.165) is 5.56 Å². The van der Waals surface area contributed by atoms with Gasteiger partial charge in [0.1, 0.15) is 11.5 Å². The predicted octanol–water partition coefficient (Wildman–Crippen LogP) is 4.57. The van der Waals surface area contributed by atoms with Gasteiger partial charge in [-0.05, 0) is 31.5 Å². The first-order valence-corrected chi connectivity index (χ1v) is 9.31. The Morgan fingerprint density at radius 1 is 1.10 bits per heavy atom. The molecular weight excluding hydrogens is 392 g/mol. The quantitative estimate of drug-likeness (QED) is 0.390. The van der Waals surface area contributed by atoms with Crippen molar-refractivity contribution < 1.29 is 19.2 Å².